The fourth-order valence-corrected chi connectivity index (χ4v) is 4.28. The normalized spacial score (nSPS) is 14.3. The Morgan fingerprint density at radius 1 is 1.38 bits per heavy atom. The lowest BCUT2D eigenvalue weighted by atomic mass is 10.2. The summed E-state index contributed by atoms with van der Waals surface area (Å²) in [5.41, 5.74) is 1.68. The summed E-state index contributed by atoms with van der Waals surface area (Å²) < 4.78 is 6.67. The van der Waals surface area contributed by atoms with Gasteiger partial charge in [0.25, 0.3) is 0 Å². The molecule has 0 amide bonds. The van der Waals surface area contributed by atoms with E-state index >= 15 is 0 Å². The highest BCUT2D eigenvalue weighted by Crippen LogP contribution is 2.37. The number of aromatic nitrogens is 4. The van der Waals surface area contributed by atoms with E-state index in [1.54, 1.807) is 29.7 Å². The van der Waals surface area contributed by atoms with E-state index in [1.165, 1.54) is 21.4 Å². The number of aromatic amines is 1. The monoisotopic (exact) mass is 298 g/mol. The van der Waals surface area contributed by atoms with Gasteiger partial charge in [-0.1, -0.05) is 0 Å². The molecule has 6 nitrogen and oxygen atoms in total. The standard InChI is InChI=1S/C14H10N4O2S/c19-14-16-13-10(7-3-1-5-9(7)21-13)12-15-11(17-18(12)14)8-4-2-6-20-8/h2,4,6H,1,3,5H2,(H,16,19). The van der Waals surface area contributed by atoms with Gasteiger partial charge in [0.2, 0.25) is 5.82 Å². The van der Waals surface area contributed by atoms with Gasteiger partial charge in [0.15, 0.2) is 11.4 Å². The van der Waals surface area contributed by atoms with E-state index in [0.717, 1.165) is 23.1 Å². The first-order chi connectivity index (χ1) is 10.3. The SMILES string of the molecule is O=c1[nH]c2sc3c(c2c2nc(-c4ccco4)nn12)CCC3. The van der Waals surface area contributed by atoms with E-state index in [-0.39, 0.29) is 5.69 Å². The van der Waals surface area contributed by atoms with E-state index in [0.29, 0.717) is 17.2 Å². The van der Waals surface area contributed by atoms with Gasteiger partial charge >= 0.3 is 5.69 Å². The number of furan rings is 1. The van der Waals surface area contributed by atoms with Gasteiger partial charge in [0.1, 0.15) is 4.83 Å². The van der Waals surface area contributed by atoms with Crippen LogP contribution in [0.2, 0.25) is 0 Å². The second-order valence-electron chi connectivity index (χ2n) is 5.14. The van der Waals surface area contributed by atoms with Gasteiger partial charge in [-0.15, -0.1) is 16.4 Å². The van der Waals surface area contributed by atoms with Gasteiger partial charge in [0.05, 0.1) is 11.6 Å². The smallest absolute Gasteiger partial charge is 0.349 e. The van der Waals surface area contributed by atoms with Crippen molar-refractivity contribution >= 4 is 27.2 Å². The summed E-state index contributed by atoms with van der Waals surface area (Å²) in [4.78, 5) is 21.9. The molecule has 0 fully saturated rings. The number of rotatable bonds is 1. The van der Waals surface area contributed by atoms with Crippen molar-refractivity contribution in [2.75, 3.05) is 0 Å². The summed E-state index contributed by atoms with van der Waals surface area (Å²) in [5, 5.41) is 5.32. The summed E-state index contributed by atoms with van der Waals surface area (Å²) in [6.07, 6.45) is 4.87. The number of hydrogen-bond donors (Lipinski definition) is 1. The number of hydrogen-bond acceptors (Lipinski definition) is 5. The molecule has 1 N–H and O–H groups in total. The number of nitrogens with one attached hydrogen (secondary N) is 1. The van der Waals surface area contributed by atoms with E-state index in [4.69, 9.17) is 4.42 Å². The molecule has 1 aliphatic rings. The molecule has 7 heteroatoms. The van der Waals surface area contributed by atoms with Crippen molar-refractivity contribution in [1.82, 2.24) is 19.6 Å². The Balaban J connectivity index is 1.93. The van der Waals surface area contributed by atoms with E-state index in [9.17, 15) is 4.79 Å². The first-order valence-corrected chi connectivity index (χ1v) is 7.60. The zero-order valence-electron chi connectivity index (χ0n) is 10.9. The Morgan fingerprint density at radius 3 is 3.19 bits per heavy atom. The van der Waals surface area contributed by atoms with Crippen LogP contribution in [-0.4, -0.2) is 19.6 Å². The molecule has 4 aromatic heterocycles. The lowest BCUT2D eigenvalue weighted by Gasteiger charge is -1.95. The minimum Gasteiger partial charge on any atom is -0.461 e. The molecule has 5 rings (SSSR count). The number of thiophene rings is 1. The molecule has 0 aromatic carbocycles. The van der Waals surface area contributed by atoms with Crippen LogP contribution in [0.4, 0.5) is 0 Å². The summed E-state index contributed by atoms with van der Waals surface area (Å²) in [6.45, 7) is 0. The second kappa shape index (κ2) is 3.82. The number of aryl methyl sites for hydroxylation is 2. The Hall–Kier alpha value is -2.41. The number of H-pyrrole nitrogens is 1. The first kappa shape index (κ1) is 11.3. The molecule has 1 aliphatic carbocycles. The molecular formula is C14H10N4O2S. The van der Waals surface area contributed by atoms with Crippen molar-refractivity contribution in [1.29, 1.82) is 0 Å². The molecule has 21 heavy (non-hydrogen) atoms. The van der Waals surface area contributed by atoms with Crippen LogP contribution in [-0.2, 0) is 12.8 Å². The highest BCUT2D eigenvalue weighted by atomic mass is 32.1. The zero-order valence-corrected chi connectivity index (χ0v) is 11.7. The van der Waals surface area contributed by atoms with Crippen LogP contribution in [0, 0.1) is 0 Å². The van der Waals surface area contributed by atoms with Crippen LogP contribution in [0.3, 0.4) is 0 Å². The van der Waals surface area contributed by atoms with Crippen molar-refractivity contribution < 1.29 is 4.42 Å². The first-order valence-electron chi connectivity index (χ1n) is 6.78. The summed E-state index contributed by atoms with van der Waals surface area (Å²) in [6, 6.07) is 3.57. The average Bonchev–Trinajstić information content (AvgIpc) is 3.21. The average molecular weight is 298 g/mol. The molecule has 0 atom stereocenters. The van der Waals surface area contributed by atoms with Crippen LogP contribution in [0.15, 0.2) is 27.6 Å². The van der Waals surface area contributed by atoms with Crippen molar-refractivity contribution in [2.45, 2.75) is 19.3 Å². The van der Waals surface area contributed by atoms with Gasteiger partial charge in [-0.25, -0.2) is 9.78 Å². The predicted octanol–water partition coefficient (Wildman–Crippen LogP) is 2.38. The Bertz CT molecular complexity index is 1040. The van der Waals surface area contributed by atoms with Crippen LogP contribution >= 0.6 is 11.3 Å². The molecule has 0 aliphatic heterocycles. The van der Waals surface area contributed by atoms with Crippen molar-refractivity contribution in [3.63, 3.8) is 0 Å². The molecule has 4 aromatic rings. The molecule has 0 spiro atoms. The third kappa shape index (κ3) is 1.43. The van der Waals surface area contributed by atoms with Gasteiger partial charge in [0, 0.05) is 4.88 Å². The fourth-order valence-electron chi connectivity index (χ4n) is 3.00. The maximum Gasteiger partial charge on any atom is 0.349 e. The molecule has 4 heterocycles. The van der Waals surface area contributed by atoms with Gasteiger partial charge in [-0.2, -0.15) is 4.52 Å². The largest absolute Gasteiger partial charge is 0.461 e. The van der Waals surface area contributed by atoms with Gasteiger partial charge in [-0.3, -0.25) is 4.98 Å². The lowest BCUT2D eigenvalue weighted by Crippen LogP contribution is -2.16. The fraction of sp³-hybridized carbons (Fsp3) is 0.214. The van der Waals surface area contributed by atoms with Crippen molar-refractivity contribution in [3.8, 4) is 11.6 Å². The van der Waals surface area contributed by atoms with E-state index < -0.39 is 0 Å². The van der Waals surface area contributed by atoms with Gasteiger partial charge < -0.3 is 4.42 Å². The topological polar surface area (TPSA) is 76.2 Å². The van der Waals surface area contributed by atoms with Crippen molar-refractivity contribution in [3.05, 3.63) is 39.3 Å². The molecule has 0 unspecified atom stereocenters. The highest BCUT2D eigenvalue weighted by molar-refractivity contribution is 7.19. The molecule has 0 radical (unpaired) electrons. The quantitative estimate of drug-likeness (QED) is 0.585. The van der Waals surface area contributed by atoms with Crippen LogP contribution in [0.25, 0.3) is 27.4 Å². The molecule has 0 bridgehead atoms. The van der Waals surface area contributed by atoms with Crippen molar-refractivity contribution in [2.24, 2.45) is 0 Å². The van der Waals surface area contributed by atoms with Crippen LogP contribution < -0.4 is 5.69 Å². The third-order valence-electron chi connectivity index (χ3n) is 3.91. The number of fused-ring (bicyclic) bond motifs is 5. The molecule has 0 saturated heterocycles. The molecular weight excluding hydrogens is 288 g/mol. The summed E-state index contributed by atoms with van der Waals surface area (Å²) >= 11 is 1.66. The van der Waals surface area contributed by atoms with Gasteiger partial charge in [-0.05, 0) is 37.0 Å². The third-order valence-corrected chi connectivity index (χ3v) is 5.11. The summed E-state index contributed by atoms with van der Waals surface area (Å²) in [7, 11) is 0. The number of nitrogens with zero attached hydrogens (tertiary/aromatic N) is 3. The molecule has 104 valence electrons. The maximum absolute atomic E-state index is 12.2. The minimum absolute atomic E-state index is 0.261. The predicted molar refractivity (Wildman–Crippen MR) is 78.7 cm³/mol. The molecule has 0 saturated carbocycles. The Labute approximate surface area is 122 Å². The van der Waals surface area contributed by atoms with E-state index in [2.05, 4.69) is 15.1 Å². The highest BCUT2D eigenvalue weighted by Gasteiger charge is 2.23. The zero-order chi connectivity index (χ0) is 14.0. The lowest BCUT2D eigenvalue weighted by molar-refractivity contribution is 0.577. The Morgan fingerprint density at radius 2 is 2.33 bits per heavy atom. The van der Waals surface area contributed by atoms with Crippen LogP contribution in [0.1, 0.15) is 16.9 Å². The Kier molecular flexibility index (Phi) is 2.05. The summed E-state index contributed by atoms with van der Waals surface area (Å²) in [5.74, 6) is 1.01. The van der Waals surface area contributed by atoms with Crippen LogP contribution in [0.5, 0.6) is 0 Å². The minimum atomic E-state index is -0.261. The maximum atomic E-state index is 12.2. The van der Waals surface area contributed by atoms with E-state index in [1.807, 2.05) is 0 Å². The second-order valence-corrected chi connectivity index (χ2v) is 6.24.